The van der Waals surface area contributed by atoms with Gasteiger partial charge in [-0.1, -0.05) is 25.1 Å². The molecule has 0 bridgehead atoms. The lowest BCUT2D eigenvalue weighted by Crippen LogP contribution is -2.43. The van der Waals surface area contributed by atoms with Crippen LogP contribution in [-0.2, 0) is 0 Å². The van der Waals surface area contributed by atoms with E-state index in [1.807, 2.05) is 0 Å². The third kappa shape index (κ3) is 3.67. The SMILES string of the molecule is C=C(Cl)CN(CC)C1CCNCC1. The monoisotopic (exact) mass is 202 g/mol. The standard InChI is InChI=1S/C10H19ClN2/c1-3-13(8-9(2)11)10-4-6-12-7-5-10/h10,12H,2-8H2,1H3. The normalized spacial score (nSPS) is 19.3. The second-order valence-electron chi connectivity index (χ2n) is 3.56. The molecule has 0 atom stereocenters. The maximum absolute atomic E-state index is 5.82. The van der Waals surface area contributed by atoms with Crippen molar-refractivity contribution in [2.24, 2.45) is 0 Å². The molecule has 76 valence electrons. The molecule has 0 saturated carbocycles. The van der Waals surface area contributed by atoms with Gasteiger partial charge in [-0.05, 0) is 32.5 Å². The molecule has 0 aromatic carbocycles. The highest BCUT2D eigenvalue weighted by atomic mass is 35.5. The van der Waals surface area contributed by atoms with Crippen LogP contribution in [0.4, 0.5) is 0 Å². The van der Waals surface area contributed by atoms with E-state index >= 15 is 0 Å². The first-order valence-corrected chi connectivity index (χ1v) is 5.40. The molecule has 1 heterocycles. The summed E-state index contributed by atoms with van der Waals surface area (Å²) in [4.78, 5) is 2.41. The van der Waals surface area contributed by atoms with E-state index in [0.29, 0.717) is 6.04 Å². The lowest BCUT2D eigenvalue weighted by Gasteiger charge is -2.33. The van der Waals surface area contributed by atoms with Gasteiger partial charge in [0.05, 0.1) is 0 Å². The van der Waals surface area contributed by atoms with Crippen molar-refractivity contribution < 1.29 is 0 Å². The molecule has 3 heteroatoms. The van der Waals surface area contributed by atoms with Crippen molar-refractivity contribution in [3.63, 3.8) is 0 Å². The van der Waals surface area contributed by atoms with Crippen molar-refractivity contribution in [2.45, 2.75) is 25.8 Å². The Morgan fingerprint density at radius 3 is 2.62 bits per heavy atom. The first-order chi connectivity index (χ1) is 6.24. The van der Waals surface area contributed by atoms with Crippen molar-refractivity contribution in [2.75, 3.05) is 26.2 Å². The van der Waals surface area contributed by atoms with Crippen LogP contribution in [0.2, 0.25) is 0 Å². The minimum Gasteiger partial charge on any atom is -0.317 e. The van der Waals surface area contributed by atoms with Gasteiger partial charge in [0, 0.05) is 17.6 Å². The molecule has 0 spiro atoms. The van der Waals surface area contributed by atoms with Crippen molar-refractivity contribution >= 4 is 11.6 Å². The van der Waals surface area contributed by atoms with Crippen molar-refractivity contribution in [3.8, 4) is 0 Å². The largest absolute Gasteiger partial charge is 0.317 e. The van der Waals surface area contributed by atoms with Gasteiger partial charge in [0.2, 0.25) is 0 Å². The van der Waals surface area contributed by atoms with Crippen LogP contribution in [0, 0.1) is 0 Å². The zero-order valence-electron chi connectivity index (χ0n) is 8.35. The molecule has 13 heavy (non-hydrogen) atoms. The Balaban J connectivity index is 2.39. The van der Waals surface area contributed by atoms with Crippen molar-refractivity contribution in [1.82, 2.24) is 10.2 Å². The molecule has 0 aliphatic carbocycles. The van der Waals surface area contributed by atoms with E-state index in [1.54, 1.807) is 0 Å². The average Bonchev–Trinajstić information content (AvgIpc) is 2.15. The Bertz CT molecular complexity index is 164. The van der Waals surface area contributed by atoms with E-state index in [2.05, 4.69) is 23.7 Å². The van der Waals surface area contributed by atoms with Crippen LogP contribution >= 0.6 is 11.6 Å². The fraction of sp³-hybridized carbons (Fsp3) is 0.800. The molecule has 1 aliphatic heterocycles. The molecular weight excluding hydrogens is 184 g/mol. The molecule has 1 fully saturated rings. The predicted molar refractivity (Wildman–Crippen MR) is 58.1 cm³/mol. The van der Waals surface area contributed by atoms with Crippen LogP contribution in [0.1, 0.15) is 19.8 Å². The summed E-state index contributed by atoms with van der Waals surface area (Å²) in [5, 5.41) is 4.12. The Kier molecular flexibility index (Phi) is 4.78. The third-order valence-electron chi connectivity index (χ3n) is 2.61. The molecule has 0 radical (unpaired) electrons. The molecule has 0 unspecified atom stereocenters. The van der Waals surface area contributed by atoms with Gasteiger partial charge < -0.3 is 5.32 Å². The summed E-state index contributed by atoms with van der Waals surface area (Å²) in [6.45, 7) is 10.1. The summed E-state index contributed by atoms with van der Waals surface area (Å²) in [6, 6.07) is 0.696. The first kappa shape index (κ1) is 11.0. The van der Waals surface area contributed by atoms with E-state index in [4.69, 9.17) is 11.6 Å². The Labute approximate surface area is 85.9 Å². The minimum atomic E-state index is 0.696. The Morgan fingerprint density at radius 2 is 2.15 bits per heavy atom. The van der Waals surface area contributed by atoms with Crippen LogP contribution in [0.5, 0.6) is 0 Å². The summed E-state index contributed by atoms with van der Waals surface area (Å²) in [7, 11) is 0. The highest BCUT2D eigenvalue weighted by molar-refractivity contribution is 6.29. The van der Waals surface area contributed by atoms with Gasteiger partial charge in [0.15, 0.2) is 0 Å². The lowest BCUT2D eigenvalue weighted by molar-refractivity contribution is 0.186. The minimum absolute atomic E-state index is 0.696. The number of hydrogen-bond acceptors (Lipinski definition) is 2. The number of likely N-dealkylation sites (N-methyl/N-ethyl adjacent to an activating group) is 1. The van der Waals surface area contributed by atoms with Crippen LogP contribution in [0.3, 0.4) is 0 Å². The number of nitrogens with one attached hydrogen (secondary N) is 1. The quantitative estimate of drug-likeness (QED) is 0.748. The van der Waals surface area contributed by atoms with Crippen LogP contribution in [-0.4, -0.2) is 37.1 Å². The third-order valence-corrected chi connectivity index (χ3v) is 2.73. The van der Waals surface area contributed by atoms with Gasteiger partial charge in [-0.25, -0.2) is 0 Å². The summed E-state index contributed by atoms with van der Waals surface area (Å²) in [5.74, 6) is 0. The zero-order chi connectivity index (χ0) is 9.68. The fourth-order valence-corrected chi connectivity index (χ4v) is 2.04. The average molecular weight is 203 g/mol. The van der Waals surface area contributed by atoms with Gasteiger partial charge >= 0.3 is 0 Å². The molecule has 0 amide bonds. The summed E-state index contributed by atoms with van der Waals surface area (Å²) in [5.41, 5.74) is 0. The van der Waals surface area contributed by atoms with E-state index in [9.17, 15) is 0 Å². The summed E-state index contributed by atoms with van der Waals surface area (Å²) >= 11 is 5.82. The number of rotatable bonds is 4. The number of nitrogens with zero attached hydrogens (tertiary/aromatic N) is 1. The highest BCUT2D eigenvalue weighted by Crippen LogP contribution is 2.13. The molecule has 2 nitrogen and oxygen atoms in total. The summed E-state index contributed by atoms with van der Waals surface area (Å²) in [6.07, 6.45) is 2.47. The van der Waals surface area contributed by atoms with E-state index in [1.165, 1.54) is 12.8 Å². The van der Waals surface area contributed by atoms with E-state index < -0.39 is 0 Å². The molecular formula is C10H19ClN2. The molecule has 1 aliphatic rings. The number of hydrogen-bond donors (Lipinski definition) is 1. The van der Waals surface area contributed by atoms with Gasteiger partial charge in [-0.15, -0.1) is 0 Å². The lowest BCUT2D eigenvalue weighted by atomic mass is 10.0. The van der Waals surface area contributed by atoms with Crippen LogP contribution < -0.4 is 5.32 Å². The first-order valence-electron chi connectivity index (χ1n) is 5.02. The maximum Gasteiger partial charge on any atom is 0.0338 e. The second kappa shape index (κ2) is 5.63. The van der Waals surface area contributed by atoms with Gasteiger partial charge in [0.1, 0.15) is 0 Å². The van der Waals surface area contributed by atoms with Crippen LogP contribution in [0.25, 0.3) is 0 Å². The van der Waals surface area contributed by atoms with E-state index in [-0.39, 0.29) is 0 Å². The zero-order valence-corrected chi connectivity index (χ0v) is 9.11. The predicted octanol–water partition coefficient (Wildman–Crippen LogP) is 1.81. The Morgan fingerprint density at radius 1 is 1.54 bits per heavy atom. The van der Waals surface area contributed by atoms with Crippen LogP contribution in [0.15, 0.2) is 11.6 Å². The van der Waals surface area contributed by atoms with Gasteiger partial charge in [-0.3, -0.25) is 4.90 Å². The fourth-order valence-electron chi connectivity index (χ4n) is 1.89. The number of halogens is 1. The van der Waals surface area contributed by atoms with Crippen molar-refractivity contribution in [3.05, 3.63) is 11.6 Å². The maximum atomic E-state index is 5.82. The molecule has 1 rings (SSSR count). The van der Waals surface area contributed by atoms with Gasteiger partial charge in [-0.2, -0.15) is 0 Å². The number of piperidine rings is 1. The molecule has 1 N–H and O–H groups in total. The molecule has 0 aromatic rings. The second-order valence-corrected chi connectivity index (χ2v) is 4.10. The van der Waals surface area contributed by atoms with Gasteiger partial charge in [0.25, 0.3) is 0 Å². The molecule has 0 aromatic heterocycles. The molecule has 1 saturated heterocycles. The highest BCUT2D eigenvalue weighted by Gasteiger charge is 2.19. The van der Waals surface area contributed by atoms with E-state index in [0.717, 1.165) is 31.2 Å². The topological polar surface area (TPSA) is 15.3 Å². The Hall–Kier alpha value is -0.0500. The smallest absolute Gasteiger partial charge is 0.0338 e. The summed E-state index contributed by atoms with van der Waals surface area (Å²) < 4.78 is 0. The van der Waals surface area contributed by atoms with Crippen molar-refractivity contribution in [1.29, 1.82) is 0 Å².